The van der Waals surface area contributed by atoms with Gasteiger partial charge in [-0.3, -0.25) is 0 Å². The van der Waals surface area contributed by atoms with Gasteiger partial charge in [0.1, 0.15) is 0 Å². The largest absolute Gasteiger partial charge is 0.351 e. The van der Waals surface area contributed by atoms with Gasteiger partial charge in [0.2, 0.25) is 0 Å². The maximum Gasteiger partial charge on any atom is 0.0361 e. The van der Waals surface area contributed by atoms with E-state index in [4.69, 9.17) is 0 Å². The lowest BCUT2D eigenvalue weighted by atomic mass is 10.0. The summed E-state index contributed by atoms with van der Waals surface area (Å²) in [6.07, 6.45) is 4.73. The molecule has 0 radical (unpaired) electrons. The van der Waals surface area contributed by atoms with Crippen LogP contribution in [-0.2, 0) is 13.1 Å². The first kappa shape index (κ1) is 13.3. The molecule has 2 nitrogen and oxygen atoms in total. The Bertz CT molecular complexity index is 289. The van der Waals surface area contributed by atoms with Crippen LogP contribution in [0.4, 0.5) is 0 Å². The summed E-state index contributed by atoms with van der Waals surface area (Å²) in [7, 11) is 0. The molecule has 0 fully saturated rings. The van der Waals surface area contributed by atoms with Crippen molar-refractivity contribution in [3.8, 4) is 0 Å². The molecule has 0 saturated carbocycles. The SMILES string of the molecule is CCn1cccc1CNC(C)CCC(C)C. The highest BCUT2D eigenvalue weighted by molar-refractivity contribution is 5.06. The van der Waals surface area contributed by atoms with Crippen LogP contribution in [0, 0.1) is 5.92 Å². The summed E-state index contributed by atoms with van der Waals surface area (Å²) in [5.41, 5.74) is 1.39. The van der Waals surface area contributed by atoms with Gasteiger partial charge in [0.05, 0.1) is 0 Å². The third-order valence-corrected chi connectivity index (χ3v) is 3.07. The predicted molar refractivity (Wildman–Crippen MR) is 70.5 cm³/mol. The van der Waals surface area contributed by atoms with Crippen LogP contribution in [0.2, 0.25) is 0 Å². The van der Waals surface area contributed by atoms with Gasteiger partial charge in [-0.1, -0.05) is 13.8 Å². The second-order valence-electron chi connectivity index (χ2n) is 5.04. The molecule has 0 bridgehead atoms. The summed E-state index contributed by atoms with van der Waals surface area (Å²) in [4.78, 5) is 0. The number of rotatable bonds is 7. The molecule has 0 aliphatic rings. The Labute approximate surface area is 100 Å². The molecule has 0 aliphatic heterocycles. The number of aromatic nitrogens is 1. The molecule has 92 valence electrons. The lowest BCUT2D eigenvalue weighted by molar-refractivity contribution is 0.445. The third kappa shape index (κ3) is 4.40. The zero-order chi connectivity index (χ0) is 12.0. The number of nitrogens with zero attached hydrogens (tertiary/aromatic N) is 1. The van der Waals surface area contributed by atoms with Gasteiger partial charge in [0.15, 0.2) is 0 Å². The third-order valence-electron chi connectivity index (χ3n) is 3.07. The van der Waals surface area contributed by atoms with Crippen molar-refractivity contribution in [2.24, 2.45) is 5.92 Å². The van der Waals surface area contributed by atoms with E-state index in [1.165, 1.54) is 18.5 Å². The highest BCUT2D eigenvalue weighted by Gasteiger charge is 2.04. The molecule has 1 aromatic heterocycles. The minimum absolute atomic E-state index is 0.614. The highest BCUT2D eigenvalue weighted by atomic mass is 15.0. The second-order valence-corrected chi connectivity index (χ2v) is 5.04. The monoisotopic (exact) mass is 222 g/mol. The van der Waals surface area contributed by atoms with Crippen LogP contribution < -0.4 is 5.32 Å². The molecule has 1 N–H and O–H groups in total. The molecule has 1 unspecified atom stereocenters. The van der Waals surface area contributed by atoms with Gasteiger partial charge in [-0.2, -0.15) is 0 Å². The average molecular weight is 222 g/mol. The maximum absolute atomic E-state index is 3.59. The van der Waals surface area contributed by atoms with E-state index in [-0.39, 0.29) is 0 Å². The Kier molecular flexibility index (Phi) is 5.61. The lowest BCUT2D eigenvalue weighted by Crippen LogP contribution is -2.26. The molecule has 0 saturated heterocycles. The van der Waals surface area contributed by atoms with Gasteiger partial charge < -0.3 is 9.88 Å². The van der Waals surface area contributed by atoms with Crippen LogP contribution in [0.3, 0.4) is 0 Å². The first-order valence-corrected chi connectivity index (χ1v) is 6.50. The quantitative estimate of drug-likeness (QED) is 0.748. The van der Waals surface area contributed by atoms with Crippen molar-refractivity contribution in [2.45, 2.75) is 59.7 Å². The van der Waals surface area contributed by atoms with E-state index in [9.17, 15) is 0 Å². The fraction of sp³-hybridized carbons (Fsp3) is 0.714. The number of hydrogen-bond donors (Lipinski definition) is 1. The van der Waals surface area contributed by atoms with Crippen LogP contribution in [0.5, 0.6) is 0 Å². The molecular weight excluding hydrogens is 196 g/mol. The molecule has 0 spiro atoms. The molecule has 1 heterocycles. The lowest BCUT2D eigenvalue weighted by Gasteiger charge is -2.15. The molecule has 1 aromatic rings. The first-order valence-electron chi connectivity index (χ1n) is 6.50. The van der Waals surface area contributed by atoms with Gasteiger partial charge >= 0.3 is 0 Å². The van der Waals surface area contributed by atoms with Crippen molar-refractivity contribution in [2.75, 3.05) is 0 Å². The Morgan fingerprint density at radius 2 is 2.00 bits per heavy atom. The summed E-state index contributed by atoms with van der Waals surface area (Å²) < 4.78 is 2.29. The van der Waals surface area contributed by atoms with E-state index in [1.807, 2.05) is 0 Å². The van der Waals surface area contributed by atoms with Crippen LogP contribution in [0.25, 0.3) is 0 Å². The molecule has 16 heavy (non-hydrogen) atoms. The normalized spacial score (nSPS) is 13.3. The van der Waals surface area contributed by atoms with Crippen LogP contribution in [-0.4, -0.2) is 10.6 Å². The van der Waals surface area contributed by atoms with Crippen molar-refractivity contribution in [1.82, 2.24) is 9.88 Å². The smallest absolute Gasteiger partial charge is 0.0361 e. The Morgan fingerprint density at radius 1 is 1.25 bits per heavy atom. The van der Waals surface area contributed by atoms with E-state index in [0.717, 1.165) is 19.0 Å². The minimum Gasteiger partial charge on any atom is -0.351 e. The molecule has 0 aliphatic carbocycles. The first-order chi connectivity index (χ1) is 7.63. The van der Waals surface area contributed by atoms with E-state index >= 15 is 0 Å². The molecule has 0 amide bonds. The standard InChI is InChI=1S/C14H26N2/c1-5-16-10-6-7-14(16)11-15-13(4)9-8-12(2)3/h6-7,10,12-13,15H,5,8-9,11H2,1-4H3. The van der Waals surface area contributed by atoms with Crippen molar-refractivity contribution in [3.63, 3.8) is 0 Å². The van der Waals surface area contributed by atoms with Crippen LogP contribution in [0.1, 0.15) is 46.2 Å². The molecule has 0 aromatic carbocycles. The number of nitrogens with one attached hydrogen (secondary N) is 1. The number of hydrogen-bond acceptors (Lipinski definition) is 1. The van der Waals surface area contributed by atoms with Gasteiger partial charge in [0, 0.05) is 31.0 Å². The summed E-state index contributed by atoms with van der Waals surface area (Å²) in [5, 5.41) is 3.59. The average Bonchev–Trinajstić information content (AvgIpc) is 2.70. The van der Waals surface area contributed by atoms with E-state index in [0.29, 0.717) is 6.04 Å². The van der Waals surface area contributed by atoms with E-state index in [2.05, 4.69) is 55.9 Å². The van der Waals surface area contributed by atoms with E-state index in [1.54, 1.807) is 0 Å². The predicted octanol–water partition coefficient (Wildman–Crippen LogP) is 3.42. The van der Waals surface area contributed by atoms with E-state index < -0.39 is 0 Å². The van der Waals surface area contributed by atoms with Gasteiger partial charge in [0.25, 0.3) is 0 Å². The Balaban J connectivity index is 2.28. The summed E-state index contributed by atoms with van der Waals surface area (Å²) in [6.45, 7) is 11.1. The fourth-order valence-corrected chi connectivity index (χ4v) is 1.88. The summed E-state index contributed by atoms with van der Waals surface area (Å²) in [5.74, 6) is 0.809. The summed E-state index contributed by atoms with van der Waals surface area (Å²) in [6, 6.07) is 4.94. The van der Waals surface area contributed by atoms with Crippen molar-refractivity contribution in [3.05, 3.63) is 24.0 Å². The Morgan fingerprint density at radius 3 is 2.62 bits per heavy atom. The zero-order valence-electron chi connectivity index (χ0n) is 11.2. The maximum atomic E-state index is 3.59. The topological polar surface area (TPSA) is 17.0 Å². The Hall–Kier alpha value is -0.760. The molecule has 1 rings (SSSR count). The fourth-order valence-electron chi connectivity index (χ4n) is 1.88. The molecule has 2 heteroatoms. The van der Waals surface area contributed by atoms with Gasteiger partial charge in [-0.15, -0.1) is 0 Å². The second kappa shape index (κ2) is 6.74. The molecular formula is C14H26N2. The highest BCUT2D eigenvalue weighted by Crippen LogP contribution is 2.08. The summed E-state index contributed by atoms with van der Waals surface area (Å²) >= 11 is 0. The van der Waals surface area contributed by atoms with Crippen LogP contribution in [0.15, 0.2) is 18.3 Å². The number of aryl methyl sites for hydroxylation is 1. The van der Waals surface area contributed by atoms with Crippen molar-refractivity contribution < 1.29 is 0 Å². The van der Waals surface area contributed by atoms with Gasteiger partial charge in [-0.25, -0.2) is 0 Å². The van der Waals surface area contributed by atoms with Crippen molar-refractivity contribution in [1.29, 1.82) is 0 Å². The van der Waals surface area contributed by atoms with Gasteiger partial charge in [-0.05, 0) is 44.7 Å². The minimum atomic E-state index is 0.614. The van der Waals surface area contributed by atoms with Crippen LogP contribution >= 0.6 is 0 Å². The molecule has 1 atom stereocenters. The van der Waals surface area contributed by atoms with Crippen molar-refractivity contribution >= 4 is 0 Å². The zero-order valence-corrected chi connectivity index (χ0v) is 11.2.